The van der Waals surface area contributed by atoms with Gasteiger partial charge in [-0.05, 0) is 28.3 Å². The summed E-state index contributed by atoms with van der Waals surface area (Å²) in [6.45, 7) is 6.13. The van der Waals surface area contributed by atoms with Gasteiger partial charge < -0.3 is 10.5 Å². The van der Waals surface area contributed by atoms with Crippen molar-refractivity contribution >= 4 is 11.4 Å². The van der Waals surface area contributed by atoms with Crippen LogP contribution in [0.2, 0.25) is 0 Å². The van der Waals surface area contributed by atoms with E-state index in [4.69, 9.17) is 10.5 Å². The van der Waals surface area contributed by atoms with Gasteiger partial charge in [-0.1, -0.05) is 20.8 Å². The zero-order chi connectivity index (χ0) is 11.6. The van der Waals surface area contributed by atoms with E-state index in [0.717, 1.165) is 5.56 Å². The Hall–Kier alpha value is -1.58. The maximum absolute atomic E-state index is 10.6. The molecule has 15 heavy (non-hydrogen) atoms. The van der Waals surface area contributed by atoms with Crippen molar-refractivity contribution < 1.29 is 4.74 Å². The molecule has 82 valence electrons. The molecular weight excluding hydrogens is 192 g/mol. The first-order valence-corrected chi connectivity index (χ1v) is 4.71. The van der Waals surface area contributed by atoms with Gasteiger partial charge in [-0.3, -0.25) is 0 Å². The van der Waals surface area contributed by atoms with E-state index >= 15 is 0 Å². The molecule has 1 aromatic rings. The molecule has 0 bridgehead atoms. The lowest BCUT2D eigenvalue weighted by atomic mass is 9.86. The van der Waals surface area contributed by atoms with Gasteiger partial charge in [-0.15, -0.1) is 4.91 Å². The number of nitrogens with two attached hydrogens (primary N) is 1. The first-order chi connectivity index (χ1) is 6.90. The number of nitroso groups, excluding NO2 is 1. The maximum Gasteiger partial charge on any atom is 0.170 e. The van der Waals surface area contributed by atoms with Gasteiger partial charge in [0.2, 0.25) is 0 Å². The van der Waals surface area contributed by atoms with Crippen LogP contribution < -0.4 is 10.5 Å². The van der Waals surface area contributed by atoms with Gasteiger partial charge in [0.15, 0.2) is 11.4 Å². The van der Waals surface area contributed by atoms with Crippen LogP contribution in [0, 0.1) is 4.91 Å². The number of nitrogen functional groups attached to an aromatic ring is 1. The minimum Gasteiger partial charge on any atom is -0.492 e. The normalized spacial score (nSPS) is 11.2. The summed E-state index contributed by atoms with van der Waals surface area (Å²) >= 11 is 0. The van der Waals surface area contributed by atoms with Gasteiger partial charge in [0.05, 0.1) is 12.8 Å². The first kappa shape index (κ1) is 11.5. The molecule has 0 amide bonds. The number of hydrogen-bond donors (Lipinski definition) is 1. The summed E-state index contributed by atoms with van der Waals surface area (Å²) in [7, 11) is 1.47. The van der Waals surface area contributed by atoms with E-state index in [9.17, 15) is 4.91 Å². The smallest absolute Gasteiger partial charge is 0.170 e. The molecule has 0 aliphatic carbocycles. The fraction of sp³-hybridized carbons (Fsp3) is 0.455. The summed E-state index contributed by atoms with van der Waals surface area (Å²) in [5.74, 6) is 0.345. The lowest BCUT2D eigenvalue weighted by molar-refractivity contribution is 0.418. The molecule has 4 nitrogen and oxygen atoms in total. The highest BCUT2D eigenvalue weighted by atomic mass is 16.5. The molecule has 4 heteroatoms. The minimum absolute atomic E-state index is 0.0696. The highest BCUT2D eigenvalue weighted by Gasteiger charge is 2.18. The predicted molar refractivity (Wildman–Crippen MR) is 61.6 cm³/mol. The lowest BCUT2D eigenvalue weighted by Crippen LogP contribution is -2.11. The van der Waals surface area contributed by atoms with Crippen LogP contribution in [0.3, 0.4) is 0 Å². The highest BCUT2D eigenvalue weighted by molar-refractivity contribution is 5.68. The number of nitrogens with zero attached hydrogens (tertiary/aromatic N) is 1. The van der Waals surface area contributed by atoms with Gasteiger partial charge in [-0.2, -0.15) is 0 Å². The van der Waals surface area contributed by atoms with Crippen molar-refractivity contribution in [3.63, 3.8) is 0 Å². The minimum atomic E-state index is -0.0696. The Morgan fingerprint density at radius 2 is 1.93 bits per heavy atom. The molecule has 1 rings (SSSR count). The summed E-state index contributed by atoms with van der Waals surface area (Å²) in [6.07, 6.45) is 0. The van der Waals surface area contributed by atoms with Gasteiger partial charge in [0, 0.05) is 0 Å². The second kappa shape index (κ2) is 3.88. The van der Waals surface area contributed by atoms with Crippen molar-refractivity contribution in [1.29, 1.82) is 0 Å². The molecule has 2 N–H and O–H groups in total. The summed E-state index contributed by atoms with van der Waals surface area (Å²) in [4.78, 5) is 10.6. The van der Waals surface area contributed by atoms with Crippen LogP contribution >= 0.6 is 0 Å². The van der Waals surface area contributed by atoms with Crippen molar-refractivity contribution in [3.05, 3.63) is 22.6 Å². The van der Waals surface area contributed by atoms with Gasteiger partial charge in [0.1, 0.15) is 0 Å². The molecule has 0 saturated heterocycles. The summed E-state index contributed by atoms with van der Waals surface area (Å²) < 4.78 is 5.02. The van der Waals surface area contributed by atoms with Crippen LogP contribution in [0.1, 0.15) is 26.3 Å². The Morgan fingerprint density at radius 1 is 1.33 bits per heavy atom. The molecule has 0 unspecified atom stereocenters. The molecule has 1 aromatic carbocycles. The molecule has 0 aromatic heterocycles. The van der Waals surface area contributed by atoms with E-state index in [-0.39, 0.29) is 11.1 Å². The Labute approximate surface area is 89.4 Å². The molecule has 0 aliphatic heterocycles. The van der Waals surface area contributed by atoms with Crippen molar-refractivity contribution in [2.24, 2.45) is 5.18 Å². The highest BCUT2D eigenvalue weighted by Crippen LogP contribution is 2.38. The number of hydrogen-bond acceptors (Lipinski definition) is 4. The number of benzene rings is 1. The van der Waals surface area contributed by atoms with Gasteiger partial charge >= 0.3 is 0 Å². The second-order valence-corrected chi connectivity index (χ2v) is 4.46. The number of rotatable bonds is 2. The molecule has 0 atom stereocenters. The third kappa shape index (κ3) is 2.26. The van der Waals surface area contributed by atoms with Crippen LogP contribution in [0.15, 0.2) is 17.3 Å². The monoisotopic (exact) mass is 208 g/mol. The number of anilines is 1. The van der Waals surface area contributed by atoms with Crippen molar-refractivity contribution in [2.75, 3.05) is 12.8 Å². The van der Waals surface area contributed by atoms with E-state index in [1.54, 1.807) is 6.07 Å². The molecule has 0 fully saturated rings. The third-order valence-electron chi connectivity index (χ3n) is 2.27. The van der Waals surface area contributed by atoms with Crippen molar-refractivity contribution in [3.8, 4) is 5.75 Å². The van der Waals surface area contributed by atoms with E-state index in [0.29, 0.717) is 11.4 Å². The molecule has 0 aliphatic rings. The first-order valence-electron chi connectivity index (χ1n) is 4.71. The SMILES string of the molecule is COc1c(N)cc(C(C)(C)C)cc1N=O. The van der Waals surface area contributed by atoms with Crippen LogP contribution in [0.5, 0.6) is 5.75 Å². The average molecular weight is 208 g/mol. The largest absolute Gasteiger partial charge is 0.492 e. The number of ether oxygens (including phenoxy) is 1. The van der Waals surface area contributed by atoms with Gasteiger partial charge in [0.25, 0.3) is 0 Å². The van der Waals surface area contributed by atoms with Crippen LogP contribution in [-0.2, 0) is 5.41 Å². The van der Waals surface area contributed by atoms with Crippen molar-refractivity contribution in [2.45, 2.75) is 26.2 Å². The predicted octanol–water partition coefficient (Wildman–Crippen LogP) is 2.97. The Kier molecular flexibility index (Phi) is 2.98. The van der Waals surface area contributed by atoms with E-state index in [1.165, 1.54) is 7.11 Å². The molecule has 0 spiro atoms. The number of methoxy groups -OCH3 is 1. The maximum atomic E-state index is 10.6. The van der Waals surface area contributed by atoms with E-state index < -0.39 is 0 Å². The molecular formula is C11H16N2O2. The van der Waals surface area contributed by atoms with E-state index in [2.05, 4.69) is 5.18 Å². The average Bonchev–Trinajstić information content (AvgIpc) is 2.15. The Balaban J connectivity index is 3.38. The standard InChI is InChI=1S/C11H16N2O2/c1-11(2,3)7-5-8(12)10(15-4)9(6-7)13-14/h5-6H,12H2,1-4H3. The topological polar surface area (TPSA) is 64.7 Å². The van der Waals surface area contributed by atoms with Crippen LogP contribution in [0.4, 0.5) is 11.4 Å². The second-order valence-electron chi connectivity index (χ2n) is 4.46. The van der Waals surface area contributed by atoms with Gasteiger partial charge in [-0.25, -0.2) is 0 Å². The molecule has 0 heterocycles. The molecule has 0 radical (unpaired) electrons. The van der Waals surface area contributed by atoms with Crippen molar-refractivity contribution in [1.82, 2.24) is 0 Å². The van der Waals surface area contributed by atoms with Crippen LogP contribution in [-0.4, -0.2) is 7.11 Å². The quantitative estimate of drug-likeness (QED) is 0.600. The van der Waals surface area contributed by atoms with E-state index in [1.807, 2.05) is 26.8 Å². The zero-order valence-corrected chi connectivity index (χ0v) is 9.50. The Bertz CT molecular complexity index is 381. The Morgan fingerprint density at radius 3 is 2.33 bits per heavy atom. The fourth-order valence-electron chi connectivity index (χ4n) is 1.36. The van der Waals surface area contributed by atoms with Crippen LogP contribution in [0.25, 0.3) is 0 Å². The molecule has 0 saturated carbocycles. The summed E-state index contributed by atoms with van der Waals surface area (Å²) in [6, 6.07) is 3.52. The third-order valence-corrected chi connectivity index (χ3v) is 2.27. The summed E-state index contributed by atoms with van der Waals surface area (Å²) in [5.41, 5.74) is 7.38. The lowest BCUT2D eigenvalue weighted by Gasteiger charge is -2.20. The zero-order valence-electron chi connectivity index (χ0n) is 9.50. The fourth-order valence-corrected chi connectivity index (χ4v) is 1.36. The summed E-state index contributed by atoms with van der Waals surface area (Å²) in [5, 5.41) is 2.92.